The van der Waals surface area contributed by atoms with Crippen LogP contribution in [0.3, 0.4) is 0 Å². The zero-order valence-corrected chi connectivity index (χ0v) is 19.6. The number of aromatic nitrogens is 1. The van der Waals surface area contributed by atoms with Crippen LogP contribution in [0.2, 0.25) is 0 Å². The van der Waals surface area contributed by atoms with Gasteiger partial charge in [0.15, 0.2) is 0 Å². The van der Waals surface area contributed by atoms with E-state index in [1.165, 1.54) is 95.4 Å². The molecule has 2 unspecified atom stereocenters. The highest BCUT2D eigenvalue weighted by Crippen LogP contribution is 2.43. The van der Waals surface area contributed by atoms with Gasteiger partial charge in [-0.05, 0) is 50.2 Å². The van der Waals surface area contributed by atoms with Crippen molar-refractivity contribution in [2.75, 3.05) is 0 Å². The molecule has 174 valence electrons. The number of benzene rings is 1. The Morgan fingerprint density at radius 2 is 1.38 bits per heavy atom. The molecule has 0 spiro atoms. The molecule has 1 aromatic carbocycles. The maximum Gasteiger partial charge on any atom is 0.307 e. The second-order valence-corrected chi connectivity index (χ2v) is 10.7. The number of fused-ring (bicyclic) bond motifs is 3. The van der Waals surface area contributed by atoms with Crippen molar-refractivity contribution in [3.05, 3.63) is 36.0 Å². The van der Waals surface area contributed by atoms with Gasteiger partial charge in [0.25, 0.3) is 0 Å². The molecule has 2 aliphatic heterocycles. The Hall–Kier alpha value is -1.81. The van der Waals surface area contributed by atoms with Crippen LogP contribution in [0.1, 0.15) is 101 Å². The van der Waals surface area contributed by atoms with Crippen molar-refractivity contribution in [1.29, 1.82) is 0 Å². The standard InChI is InChI=1S/C28H40N2O2/c31-28(32)17-21-20-29(27-16-9-8-15-26(21)27)25-18-23-13-10-14-24(19-25)30(23)22-11-6-4-2-1-3-5-7-12-22/h8-9,15-16,20,22-25H,1-7,10-14,17-19H2,(H,31,32). The smallest absolute Gasteiger partial charge is 0.307 e. The van der Waals surface area contributed by atoms with Gasteiger partial charge in [0.2, 0.25) is 0 Å². The Morgan fingerprint density at radius 3 is 2.03 bits per heavy atom. The molecule has 3 aliphatic rings. The second-order valence-electron chi connectivity index (χ2n) is 10.7. The first-order valence-electron chi connectivity index (χ1n) is 13.3. The van der Waals surface area contributed by atoms with Gasteiger partial charge in [0.1, 0.15) is 0 Å². The van der Waals surface area contributed by atoms with E-state index >= 15 is 0 Å². The van der Waals surface area contributed by atoms with Crippen LogP contribution >= 0.6 is 0 Å². The van der Waals surface area contributed by atoms with Crippen molar-refractivity contribution in [2.45, 2.75) is 120 Å². The number of nitrogens with zero attached hydrogens (tertiary/aromatic N) is 2. The lowest BCUT2D eigenvalue weighted by Crippen LogP contribution is -2.56. The number of carboxylic acid groups (broad SMARTS) is 1. The zero-order valence-electron chi connectivity index (χ0n) is 19.6. The predicted molar refractivity (Wildman–Crippen MR) is 130 cm³/mol. The molecule has 1 N–H and O–H groups in total. The Balaban J connectivity index is 1.38. The summed E-state index contributed by atoms with van der Waals surface area (Å²) in [6.07, 6.45) is 21.5. The molecule has 2 saturated heterocycles. The Morgan fingerprint density at radius 1 is 0.781 bits per heavy atom. The molecule has 1 saturated carbocycles. The first kappa shape index (κ1) is 22.0. The van der Waals surface area contributed by atoms with E-state index in [2.05, 4.69) is 33.9 Å². The molecular weight excluding hydrogens is 396 g/mol. The van der Waals surface area contributed by atoms with Gasteiger partial charge in [0, 0.05) is 41.3 Å². The van der Waals surface area contributed by atoms with E-state index in [1.54, 1.807) is 0 Å². The van der Waals surface area contributed by atoms with Crippen LogP contribution in [0.25, 0.3) is 10.9 Å². The number of hydrogen-bond acceptors (Lipinski definition) is 2. The first-order chi connectivity index (χ1) is 15.7. The third kappa shape index (κ3) is 4.62. The third-order valence-electron chi connectivity index (χ3n) is 8.56. The topological polar surface area (TPSA) is 45.5 Å². The fraction of sp³-hybridized carbons (Fsp3) is 0.679. The number of para-hydroxylation sites is 1. The maximum absolute atomic E-state index is 11.5. The van der Waals surface area contributed by atoms with Crippen LogP contribution in [-0.4, -0.2) is 38.7 Å². The fourth-order valence-corrected chi connectivity index (χ4v) is 7.18. The molecule has 3 fully saturated rings. The molecule has 2 aromatic rings. The molecule has 1 aliphatic carbocycles. The molecule has 0 amide bonds. The Kier molecular flexibility index (Phi) is 6.87. The van der Waals surface area contributed by atoms with Gasteiger partial charge in [-0.1, -0.05) is 69.6 Å². The lowest BCUT2D eigenvalue weighted by molar-refractivity contribution is -0.136. The van der Waals surface area contributed by atoms with Gasteiger partial charge in [-0.25, -0.2) is 0 Å². The third-order valence-corrected chi connectivity index (χ3v) is 8.56. The van der Waals surface area contributed by atoms with Crippen molar-refractivity contribution in [3.63, 3.8) is 0 Å². The monoisotopic (exact) mass is 436 g/mol. The SMILES string of the molecule is O=C(O)Cc1cn(C2CC3CCCC(C2)N3C2CCCCCCCCC2)c2ccccc12. The minimum Gasteiger partial charge on any atom is -0.481 e. The van der Waals surface area contributed by atoms with E-state index in [9.17, 15) is 9.90 Å². The first-order valence-corrected chi connectivity index (χ1v) is 13.3. The molecule has 4 nitrogen and oxygen atoms in total. The Labute approximate surface area is 193 Å². The average Bonchev–Trinajstić information content (AvgIpc) is 3.14. The van der Waals surface area contributed by atoms with E-state index in [-0.39, 0.29) is 6.42 Å². The van der Waals surface area contributed by atoms with Gasteiger partial charge in [-0.15, -0.1) is 0 Å². The number of carboxylic acids is 1. The quantitative estimate of drug-likeness (QED) is 0.579. The van der Waals surface area contributed by atoms with Crippen LogP contribution in [-0.2, 0) is 11.2 Å². The van der Waals surface area contributed by atoms with Crippen LogP contribution in [0.5, 0.6) is 0 Å². The van der Waals surface area contributed by atoms with Crippen LogP contribution in [0, 0.1) is 0 Å². The minimum atomic E-state index is -0.740. The fourth-order valence-electron chi connectivity index (χ4n) is 7.18. The summed E-state index contributed by atoms with van der Waals surface area (Å²) < 4.78 is 2.45. The summed E-state index contributed by atoms with van der Waals surface area (Å²) in [6.45, 7) is 0. The van der Waals surface area contributed by atoms with E-state index in [0.29, 0.717) is 18.1 Å². The highest BCUT2D eigenvalue weighted by molar-refractivity contribution is 5.87. The van der Waals surface area contributed by atoms with Gasteiger partial charge < -0.3 is 9.67 Å². The van der Waals surface area contributed by atoms with E-state index in [0.717, 1.165) is 17.0 Å². The summed E-state index contributed by atoms with van der Waals surface area (Å²) in [5.41, 5.74) is 2.19. The summed E-state index contributed by atoms with van der Waals surface area (Å²) in [4.78, 5) is 14.4. The van der Waals surface area contributed by atoms with Gasteiger partial charge in [-0.2, -0.15) is 0 Å². The second kappa shape index (κ2) is 9.99. The average molecular weight is 437 g/mol. The Bertz CT molecular complexity index is 895. The molecule has 1 aromatic heterocycles. The number of piperidine rings is 2. The molecule has 3 heterocycles. The largest absolute Gasteiger partial charge is 0.481 e. The molecule has 4 heteroatoms. The lowest BCUT2D eigenvalue weighted by atomic mass is 9.79. The molecule has 32 heavy (non-hydrogen) atoms. The summed E-state index contributed by atoms with van der Waals surface area (Å²) in [7, 11) is 0. The molecular formula is C28H40N2O2. The van der Waals surface area contributed by atoms with Gasteiger partial charge in [-0.3, -0.25) is 9.69 Å². The van der Waals surface area contributed by atoms with Crippen molar-refractivity contribution >= 4 is 16.9 Å². The van der Waals surface area contributed by atoms with E-state index in [1.807, 2.05) is 6.07 Å². The van der Waals surface area contributed by atoms with Crippen LogP contribution in [0.4, 0.5) is 0 Å². The van der Waals surface area contributed by atoms with Crippen LogP contribution < -0.4 is 0 Å². The van der Waals surface area contributed by atoms with Crippen molar-refractivity contribution in [3.8, 4) is 0 Å². The molecule has 0 radical (unpaired) electrons. The van der Waals surface area contributed by atoms with Crippen molar-refractivity contribution < 1.29 is 9.90 Å². The van der Waals surface area contributed by atoms with Crippen molar-refractivity contribution in [2.24, 2.45) is 0 Å². The zero-order chi connectivity index (χ0) is 21.9. The number of hydrogen-bond donors (Lipinski definition) is 1. The lowest BCUT2D eigenvalue weighted by Gasteiger charge is -2.53. The van der Waals surface area contributed by atoms with Crippen LogP contribution in [0.15, 0.2) is 30.5 Å². The summed E-state index contributed by atoms with van der Waals surface area (Å²) in [5, 5.41) is 10.5. The number of carbonyl (C=O) groups is 1. The maximum atomic E-state index is 11.5. The predicted octanol–water partition coefficient (Wildman–Crippen LogP) is 6.72. The molecule has 2 atom stereocenters. The summed E-state index contributed by atoms with van der Waals surface area (Å²) in [6, 6.07) is 11.1. The van der Waals surface area contributed by atoms with Gasteiger partial charge >= 0.3 is 5.97 Å². The summed E-state index contributed by atoms with van der Waals surface area (Å²) in [5.74, 6) is -0.740. The highest BCUT2D eigenvalue weighted by Gasteiger charge is 2.42. The number of aliphatic carboxylic acids is 1. The molecule has 2 bridgehead atoms. The summed E-state index contributed by atoms with van der Waals surface area (Å²) >= 11 is 0. The number of rotatable bonds is 4. The van der Waals surface area contributed by atoms with Gasteiger partial charge in [0.05, 0.1) is 6.42 Å². The molecule has 5 rings (SSSR count). The van der Waals surface area contributed by atoms with E-state index in [4.69, 9.17) is 0 Å². The normalized spacial score (nSPS) is 28.6. The minimum absolute atomic E-state index is 0.112. The van der Waals surface area contributed by atoms with E-state index < -0.39 is 5.97 Å². The van der Waals surface area contributed by atoms with Crippen molar-refractivity contribution in [1.82, 2.24) is 9.47 Å². The highest BCUT2D eigenvalue weighted by atomic mass is 16.4.